The Morgan fingerprint density at radius 2 is 2.07 bits per heavy atom. The molecule has 152 valence electrons. The van der Waals surface area contributed by atoms with E-state index in [1.807, 2.05) is 18.2 Å². The number of methoxy groups -OCH3 is 1. The van der Waals surface area contributed by atoms with Crippen LogP contribution in [0.2, 0.25) is 0 Å². The summed E-state index contributed by atoms with van der Waals surface area (Å²) in [6.45, 7) is 6.94. The number of hydrogen-bond acceptors (Lipinski definition) is 5. The molecule has 1 heterocycles. The lowest BCUT2D eigenvalue weighted by Crippen LogP contribution is -2.41. The van der Waals surface area contributed by atoms with Crippen molar-refractivity contribution in [1.82, 2.24) is 4.57 Å². The predicted octanol–water partition coefficient (Wildman–Crippen LogP) is 2.04. The molecule has 1 aromatic carbocycles. The molecule has 0 bridgehead atoms. The summed E-state index contributed by atoms with van der Waals surface area (Å²) in [5.74, 6) is 1.76. The van der Waals surface area contributed by atoms with Crippen molar-refractivity contribution >= 4 is 18.6 Å². The van der Waals surface area contributed by atoms with Gasteiger partial charge >= 0.3 is 7.60 Å². The van der Waals surface area contributed by atoms with E-state index in [1.54, 1.807) is 14.0 Å². The second-order valence-corrected chi connectivity index (χ2v) is 8.12. The van der Waals surface area contributed by atoms with Crippen LogP contribution in [0.4, 0.5) is 0 Å². The second kappa shape index (κ2) is 10.2. The van der Waals surface area contributed by atoms with Crippen molar-refractivity contribution < 1.29 is 28.0 Å². The molecule has 3 N–H and O–H groups in total. The van der Waals surface area contributed by atoms with Crippen LogP contribution in [0.5, 0.6) is 5.75 Å². The Kier molecular flexibility index (Phi) is 8.26. The summed E-state index contributed by atoms with van der Waals surface area (Å²) in [5, 5.41) is 0. The Hall–Kier alpha value is -1.44. The molecule has 1 unspecified atom stereocenters. The minimum absolute atomic E-state index is 0.0861. The average Bonchev–Trinajstić information content (AvgIpc) is 2.95. The second-order valence-electron chi connectivity index (χ2n) is 6.14. The number of nitrogens with zero attached hydrogens (tertiary/aromatic N) is 2. The molecule has 27 heavy (non-hydrogen) atoms. The number of rotatable bonds is 12. The van der Waals surface area contributed by atoms with E-state index in [1.165, 1.54) is 0 Å². The van der Waals surface area contributed by atoms with Crippen molar-refractivity contribution in [2.45, 2.75) is 39.9 Å². The molecule has 0 aliphatic rings. The predicted molar refractivity (Wildman–Crippen MR) is 104 cm³/mol. The highest BCUT2D eigenvalue weighted by Gasteiger charge is 2.23. The lowest BCUT2D eigenvalue weighted by Gasteiger charge is -2.11. The van der Waals surface area contributed by atoms with Crippen LogP contribution in [0.3, 0.4) is 0 Å². The summed E-state index contributed by atoms with van der Waals surface area (Å²) in [4.78, 5) is 9.60. The third kappa shape index (κ3) is 5.53. The molecule has 0 radical (unpaired) electrons. The minimum atomic E-state index is -3.50. The van der Waals surface area contributed by atoms with Crippen LogP contribution in [0, 0.1) is 0 Å². The zero-order valence-corrected chi connectivity index (χ0v) is 17.3. The van der Waals surface area contributed by atoms with Gasteiger partial charge in [0.1, 0.15) is 12.3 Å². The van der Waals surface area contributed by atoms with Gasteiger partial charge in [-0.15, -0.1) is 0 Å². The Balaban J connectivity index is 2.15. The first-order valence-electron chi connectivity index (χ1n) is 9.30. The fourth-order valence-electron chi connectivity index (χ4n) is 3.19. The fraction of sp³-hybridized carbons (Fsp3) is 0.611. The minimum Gasteiger partial charge on any atom is -0.493 e. The van der Waals surface area contributed by atoms with Crippen molar-refractivity contribution in [3.8, 4) is 5.75 Å². The molecule has 0 aliphatic heterocycles. The van der Waals surface area contributed by atoms with Crippen molar-refractivity contribution in [3.63, 3.8) is 0 Å². The first kappa shape index (κ1) is 21.9. The molecule has 2 aromatic rings. The Bertz CT molecular complexity index is 793. The maximum Gasteiger partial charge on any atom is 0.328 e. The summed E-state index contributed by atoms with van der Waals surface area (Å²) in [6.07, 6.45) is 0.533. The molecule has 0 amide bonds. The number of nitrogens with two attached hydrogens (primary N) is 1. The van der Waals surface area contributed by atoms with Gasteiger partial charge in [0, 0.05) is 13.2 Å². The summed E-state index contributed by atoms with van der Waals surface area (Å²) >= 11 is 0. The first-order valence-corrected chi connectivity index (χ1v) is 11.1. The molecule has 0 fully saturated rings. The van der Waals surface area contributed by atoms with E-state index in [0.717, 1.165) is 35.7 Å². The van der Waals surface area contributed by atoms with Gasteiger partial charge in [-0.1, -0.05) is 0 Å². The number of fused-ring (bicyclic) bond motifs is 1. The molecule has 0 spiro atoms. The van der Waals surface area contributed by atoms with Gasteiger partial charge in [0.15, 0.2) is 11.0 Å². The molecular formula is C18H31N3O5P+. The van der Waals surface area contributed by atoms with Crippen LogP contribution in [0.15, 0.2) is 18.2 Å². The molecule has 2 rings (SSSR count). The summed E-state index contributed by atoms with van der Waals surface area (Å²) in [7, 11) is -1.81. The number of aromatic nitrogens is 2. The van der Waals surface area contributed by atoms with Gasteiger partial charge in [0.05, 0.1) is 39.1 Å². The van der Waals surface area contributed by atoms with E-state index in [-0.39, 0.29) is 12.8 Å². The summed E-state index contributed by atoms with van der Waals surface area (Å²) in [5.41, 5.74) is 8.12. The maximum absolute atomic E-state index is 11.7. The van der Waals surface area contributed by atoms with Crippen LogP contribution in [0.1, 0.15) is 26.1 Å². The normalized spacial score (nSPS) is 13.8. The number of aryl methyl sites for hydroxylation is 1. The number of imidazole rings is 1. The molecule has 8 nitrogen and oxygen atoms in total. The van der Waals surface area contributed by atoms with Gasteiger partial charge in [0.2, 0.25) is 0 Å². The molecule has 1 aromatic heterocycles. The van der Waals surface area contributed by atoms with E-state index >= 15 is 0 Å². The van der Waals surface area contributed by atoms with Gasteiger partial charge in [-0.2, -0.15) is 0 Å². The Morgan fingerprint density at radius 1 is 1.30 bits per heavy atom. The Morgan fingerprint density at radius 3 is 2.70 bits per heavy atom. The first-order chi connectivity index (χ1) is 13.0. The number of hydrogen-bond donors (Lipinski definition) is 2. The number of ether oxygens (including phenoxy) is 2. The van der Waals surface area contributed by atoms with E-state index in [4.69, 9.17) is 19.7 Å². The molecular weight excluding hydrogens is 369 g/mol. The highest BCUT2D eigenvalue weighted by Crippen LogP contribution is 2.42. The van der Waals surface area contributed by atoms with E-state index in [9.17, 15) is 9.46 Å². The van der Waals surface area contributed by atoms with Crippen LogP contribution >= 0.6 is 7.60 Å². The van der Waals surface area contributed by atoms with Gasteiger partial charge in [0.25, 0.3) is 5.82 Å². The largest absolute Gasteiger partial charge is 0.493 e. The lowest BCUT2D eigenvalue weighted by molar-refractivity contribution is -0.681. The average molecular weight is 400 g/mol. The summed E-state index contributed by atoms with van der Waals surface area (Å²) in [6, 6.07) is 5.91. The third-order valence-electron chi connectivity index (χ3n) is 4.35. The molecule has 0 saturated carbocycles. The van der Waals surface area contributed by atoms with Gasteiger partial charge in [-0.3, -0.25) is 4.57 Å². The quantitative estimate of drug-likeness (QED) is 0.321. The number of benzene rings is 1. The molecule has 9 heteroatoms. The van der Waals surface area contributed by atoms with Gasteiger partial charge in [-0.05, 0) is 32.4 Å². The van der Waals surface area contributed by atoms with E-state index < -0.39 is 7.60 Å². The summed E-state index contributed by atoms with van der Waals surface area (Å²) < 4.78 is 31.9. The van der Waals surface area contributed by atoms with Crippen molar-refractivity contribution in [2.75, 3.05) is 33.1 Å². The van der Waals surface area contributed by atoms with Crippen LogP contribution in [-0.2, 0) is 33.5 Å². The third-order valence-corrected chi connectivity index (χ3v) is 5.90. The Labute approximate surface area is 160 Å². The van der Waals surface area contributed by atoms with Crippen molar-refractivity contribution in [3.05, 3.63) is 24.0 Å². The zero-order chi connectivity index (χ0) is 19.9. The highest BCUT2D eigenvalue weighted by atomic mass is 31.2. The van der Waals surface area contributed by atoms with E-state index in [2.05, 4.69) is 16.1 Å². The standard InChI is InChI=1S/C18H30N3O5P/c1-4-20-17-13-15(25-10-6-12-27(22,23)26-5-2)7-8-16(17)21(9-11-24-3)18(20)14-19/h7-8,13H,4-6,9-12,14,19H2,1-3H3/p+1. The zero-order valence-electron chi connectivity index (χ0n) is 16.4. The maximum atomic E-state index is 11.7. The monoisotopic (exact) mass is 400 g/mol. The van der Waals surface area contributed by atoms with Crippen LogP contribution < -0.4 is 15.0 Å². The van der Waals surface area contributed by atoms with Crippen molar-refractivity contribution in [2.24, 2.45) is 5.73 Å². The van der Waals surface area contributed by atoms with Crippen molar-refractivity contribution in [1.29, 1.82) is 0 Å². The fourth-order valence-corrected chi connectivity index (χ4v) is 4.25. The van der Waals surface area contributed by atoms with Crippen LogP contribution in [-0.4, -0.2) is 42.6 Å². The highest BCUT2D eigenvalue weighted by molar-refractivity contribution is 7.52. The lowest BCUT2D eigenvalue weighted by atomic mass is 10.3. The SMILES string of the molecule is CCOP(=O)(O)CCCOc1ccc2c(c1)n(CC)c(CN)[n+]2CCOC. The topological polar surface area (TPSA) is 99.8 Å². The smallest absolute Gasteiger partial charge is 0.328 e. The van der Waals surface area contributed by atoms with E-state index in [0.29, 0.717) is 26.2 Å². The molecule has 0 saturated heterocycles. The molecule has 1 atom stereocenters. The van der Waals surface area contributed by atoms with Crippen LogP contribution in [0.25, 0.3) is 11.0 Å². The molecule has 0 aliphatic carbocycles. The van der Waals surface area contributed by atoms with Gasteiger partial charge in [-0.25, -0.2) is 9.13 Å². The van der Waals surface area contributed by atoms with Gasteiger partial charge < -0.3 is 24.6 Å².